The number of hydrogen-bond donors (Lipinski definition) is 0. The molecule has 7 heteroatoms. The second-order valence-electron chi connectivity index (χ2n) is 5.42. The largest absolute Gasteiger partial charge is 0.333 e. The molecule has 1 aromatic rings. The van der Waals surface area contributed by atoms with Gasteiger partial charge in [0.25, 0.3) is 5.91 Å². The minimum atomic E-state index is -1.29. The summed E-state index contributed by atoms with van der Waals surface area (Å²) >= 11 is 0. The van der Waals surface area contributed by atoms with Crippen molar-refractivity contribution in [1.82, 2.24) is 4.90 Å². The van der Waals surface area contributed by atoms with Crippen molar-refractivity contribution in [1.29, 1.82) is 0 Å². The molecular weight excluding hydrogens is 270 g/mol. The van der Waals surface area contributed by atoms with Gasteiger partial charge in [-0.3, -0.25) is 14.9 Å². The van der Waals surface area contributed by atoms with Crippen LogP contribution in [-0.4, -0.2) is 27.8 Å². The lowest BCUT2D eigenvalue weighted by Crippen LogP contribution is -2.43. The lowest BCUT2D eigenvalue weighted by atomic mass is 10.0. The first-order chi connectivity index (χ1) is 9.24. The molecule has 1 aromatic carbocycles. The van der Waals surface area contributed by atoms with Gasteiger partial charge in [0.2, 0.25) is 5.82 Å². The van der Waals surface area contributed by atoms with Crippen molar-refractivity contribution >= 4 is 11.6 Å². The first-order valence-electron chi connectivity index (χ1n) is 6.19. The van der Waals surface area contributed by atoms with Crippen molar-refractivity contribution in [2.45, 2.75) is 32.2 Å². The summed E-state index contributed by atoms with van der Waals surface area (Å²) in [5, 5.41) is 10.7. The van der Waals surface area contributed by atoms with Crippen molar-refractivity contribution in [3.63, 3.8) is 0 Å². The average Bonchev–Trinajstić information content (AvgIpc) is 2.70. The first kappa shape index (κ1) is 14.4. The maximum atomic E-state index is 14.0. The standard InChI is InChI=1S/C13H14F2N2O3/c1-13(2)4-3-5-16(13)12(18)9-6-8(14)7-10(11(9)15)17(19)20/h6-7H,3-5H2,1-2H3. The normalized spacial score (nSPS) is 17.3. The van der Waals surface area contributed by atoms with Crippen molar-refractivity contribution in [3.8, 4) is 0 Å². The van der Waals surface area contributed by atoms with Gasteiger partial charge in [-0.1, -0.05) is 0 Å². The summed E-state index contributed by atoms with van der Waals surface area (Å²) in [6.45, 7) is 4.07. The van der Waals surface area contributed by atoms with Crippen molar-refractivity contribution < 1.29 is 18.5 Å². The Kier molecular flexibility index (Phi) is 3.45. The second kappa shape index (κ2) is 4.81. The third-order valence-electron chi connectivity index (χ3n) is 3.59. The number of benzene rings is 1. The molecular formula is C13H14F2N2O3. The summed E-state index contributed by atoms with van der Waals surface area (Å²) in [6, 6.07) is 1.18. The average molecular weight is 284 g/mol. The molecule has 5 nitrogen and oxygen atoms in total. The van der Waals surface area contributed by atoms with E-state index in [1.807, 2.05) is 13.8 Å². The van der Waals surface area contributed by atoms with E-state index in [4.69, 9.17) is 0 Å². The molecule has 1 amide bonds. The molecule has 0 bridgehead atoms. The number of carbonyl (C=O) groups excluding carboxylic acids is 1. The van der Waals surface area contributed by atoms with Crippen molar-refractivity contribution in [3.05, 3.63) is 39.4 Å². The van der Waals surface area contributed by atoms with E-state index in [-0.39, 0.29) is 0 Å². The molecule has 1 aliphatic rings. The molecule has 1 saturated heterocycles. The number of hydrogen-bond acceptors (Lipinski definition) is 3. The Morgan fingerprint density at radius 1 is 1.40 bits per heavy atom. The van der Waals surface area contributed by atoms with Gasteiger partial charge in [0.05, 0.1) is 16.6 Å². The lowest BCUT2D eigenvalue weighted by Gasteiger charge is -2.31. The Balaban J connectivity index is 2.48. The summed E-state index contributed by atoms with van der Waals surface area (Å²) in [4.78, 5) is 23.4. The molecule has 0 unspecified atom stereocenters. The zero-order chi connectivity index (χ0) is 15.1. The number of likely N-dealkylation sites (tertiary alicyclic amines) is 1. The fourth-order valence-electron chi connectivity index (χ4n) is 2.49. The Hall–Kier alpha value is -2.05. The summed E-state index contributed by atoms with van der Waals surface area (Å²) < 4.78 is 27.4. The number of carbonyl (C=O) groups is 1. The fourth-order valence-corrected chi connectivity index (χ4v) is 2.49. The van der Waals surface area contributed by atoms with E-state index in [2.05, 4.69) is 0 Å². The Morgan fingerprint density at radius 3 is 2.55 bits per heavy atom. The van der Waals surface area contributed by atoms with Gasteiger partial charge in [0, 0.05) is 12.1 Å². The quantitative estimate of drug-likeness (QED) is 0.619. The van der Waals surface area contributed by atoms with E-state index in [0.717, 1.165) is 12.8 Å². The highest BCUT2D eigenvalue weighted by Crippen LogP contribution is 2.31. The van der Waals surface area contributed by atoms with Gasteiger partial charge < -0.3 is 4.90 Å². The predicted octanol–water partition coefficient (Wildman–Crippen LogP) is 2.89. The molecule has 0 radical (unpaired) electrons. The van der Waals surface area contributed by atoms with Crippen LogP contribution in [0.5, 0.6) is 0 Å². The maximum absolute atomic E-state index is 14.0. The molecule has 2 rings (SSSR count). The number of halogens is 2. The minimum Gasteiger partial charge on any atom is -0.333 e. The fraction of sp³-hybridized carbons (Fsp3) is 0.462. The zero-order valence-corrected chi connectivity index (χ0v) is 11.2. The third kappa shape index (κ3) is 2.35. The summed E-state index contributed by atoms with van der Waals surface area (Å²) in [7, 11) is 0. The van der Waals surface area contributed by atoms with E-state index in [0.29, 0.717) is 18.7 Å². The highest BCUT2D eigenvalue weighted by Gasteiger charge is 2.38. The van der Waals surface area contributed by atoms with E-state index >= 15 is 0 Å². The molecule has 1 aliphatic heterocycles. The molecule has 0 saturated carbocycles. The van der Waals surface area contributed by atoms with Crippen molar-refractivity contribution in [2.75, 3.05) is 6.54 Å². The number of nitro benzene ring substituents is 1. The van der Waals surface area contributed by atoms with Crippen LogP contribution in [0.15, 0.2) is 12.1 Å². The van der Waals surface area contributed by atoms with Gasteiger partial charge in [-0.25, -0.2) is 4.39 Å². The van der Waals surface area contributed by atoms with Crippen molar-refractivity contribution in [2.24, 2.45) is 0 Å². The molecule has 0 N–H and O–H groups in total. The monoisotopic (exact) mass is 284 g/mol. The van der Waals surface area contributed by atoms with Crippen LogP contribution < -0.4 is 0 Å². The van der Waals surface area contributed by atoms with Crippen LogP contribution in [0.25, 0.3) is 0 Å². The Morgan fingerprint density at radius 2 is 2.05 bits per heavy atom. The summed E-state index contributed by atoms with van der Waals surface area (Å²) in [6.07, 6.45) is 1.51. The number of nitrogens with zero attached hydrogens (tertiary/aromatic N) is 2. The Bertz CT molecular complexity index is 587. The molecule has 0 aliphatic carbocycles. The molecule has 1 heterocycles. The van der Waals surface area contributed by atoms with Crippen LogP contribution in [0.3, 0.4) is 0 Å². The smallest absolute Gasteiger partial charge is 0.308 e. The SMILES string of the molecule is CC1(C)CCCN1C(=O)c1cc(F)cc([N+](=O)[O-])c1F. The maximum Gasteiger partial charge on any atom is 0.308 e. The number of amides is 1. The lowest BCUT2D eigenvalue weighted by molar-refractivity contribution is -0.387. The highest BCUT2D eigenvalue weighted by molar-refractivity contribution is 5.96. The summed E-state index contributed by atoms with van der Waals surface area (Å²) in [5.74, 6) is -3.00. The number of rotatable bonds is 2. The molecule has 0 atom stereocenters. The van der Waals surface area contributed by atoms with E-state index < -0.39 is 39.3 Å². The van der Waals surface area contributed by atoms with Gasteiger partial charge in [-0.2, -0.15) is 4.39 Å². The molecule has 1 fully saturated rings. The van der Waals surface area contributed by atoms with E-state index in [1.54, 1.807) is 0 Å². The topological polar surface area (TPSA) is 63.5 Å². The highest BCUT2D eigenvalue weighted by atomic mass is 19.1. The molecule has 0 aromatic heterocycles. The van der Waals surface area contributed by atoms with Crippen LogP contribution in [0.2, 0.25) is 0 Å². The zero-order valence-electron chi connectivity index (χ0n) is 11.2. The van der Waals surface area contributed by atoms with Gasteiger partial charge in [0.15, 0.2) is 0 Å². The van der Waals surface area contributed by atoms with Gasteiger partial charge in [0.1, 0.15) is 5.82 Å². The number of nitro groups is 1. The molecule has 108 valence electrons. The van der Waals surface area contributed by atoms with Crippen LogP contribution in [-0.2, 0) is 0 Å². The van der Waals surface area contributed by atoms with E-state index in [9.17, 15) is 23.7 Å². The van der Waals surface area contributed by atoms with Crippen LogP contribution in [0.4, 0.5) is 14.5 Å². The van der Waals surface area contributed by atoms with Gasteiger partial charge in [-0.15, -0.1) is 0 Å². The van der Waals surface area contributed by atoms with Gasteiger partial charge in [-0.05, 0) is 32.8 Å². The van der Waals surface area contributed by atoms with Gasteiger partial charge >= 0.3 is 5.69 Å². The van der Waals surface area contributed by atoms with E-state index in [1.165, 1.54) is 4.90 Å². The minimum absolute atomic E-state index is 0.426. The van der Waals surface area contributed by atoms with Crippen LogP contribution in [0.1, 0.15) is 37.0 Å². The van der Waals surface area contributed by atoms with Crippen LogP contribution >= 0.6 is 0 Å². The molecule has 0 spiro atoms. The Labute approximate surface area is 114 Å². The third-order valence-corrected chi connectivity index (χ3v) is 3.59. The second-order valence-corrected chi connectivity index (χ2v) is 5.42. The predicted molar refractivity (Wildman–Crippen MR) is 67.4 cm³/mol. The molecule has 20 heavy (non-hydrogen) atoms. The summed E-state index contributed by atoms with van der Waals surface area (Å²) in [5.41, 5.74) is -2.08. The van der Waals surface area contributed by atoms with Crippen LogP contribution in [0, 0.1) is 21.7 Å². The first-order valence-corrected chi connectivity index (χ1v) is 6.19.